The summed E-state index contributed by atoms with van der Waals surface area (Å²) in [5, 5.41) is 11.7. The molecule has 1 aromatic heterocycles. The van der Waals surface area contributed by atoms with Gasteiger partial charge in [0.15, 0.2) is 11.6 Å². The molecule has 0 atom stereocenters. The van der Waals surface area contributed by atoms with Gasteiger partial charge in [-0.1, -0.05) is 42.5 Å². The third kappa shape index (κ3) is 2.91. The lowest BCUT2D eigenvalue weighted by Gasteiger charge is -2.13. The van der Waals surface area contributed by atoms with Crippen LogP contribution in [0, 0.1) is 17.1 Å². The molecule has 4 rings (SSSR count). The minimum absolute atomic E-state index is 0.110. The Morgan fingerprint density at radius 2 is 1.79 bits per heavy atom. The second-order valence-corrected chi connectivity index (χ2v) is 6.30. The number of halogens is 1. The fraction of sp³-hybridized carbons (Fsp3) is 0.0435. The van der Waals surface area contributed by atoms with Crippen molar-refractivity contribution in [1.82, 2.24) is 4.98 Å². The normalized spacial score (nSPS) is 10.6. The minimum atomic E-state index is -0.489. The highest BCUT2D eigenvalue weighted by Crippen LogP contribution is 2.35. The van der Waals surface area contributed by atoms with Crippen LogP contribution >= 0.6 is 0 Å². The molecule has 0 fully saturated rings. The van der Waals surface area contributed by atoms with E-state index in [9.17, 15) is 9.65 Å². The fourth-order valence-electron chi connectivity index (χ4n) is 3.33. The summed E-state index contributed by atoms with van der Waals surface area (Å²) >= 11 is 0. The largest absolute Gasteiger partial charge is 0.494 e. The minimum Gasteiger partial charge on any atom is -0.494 e. The summed E-state index contributed by atoms with van der Waals surface area (Å²) in [5.74, 6) is -0.227. The number of ether oxygens (including phenoxy) is 1. The second-order valence-electron chi connectivity index (χ2n) is 6.30. The van der Waals surface area contributed by atoms with E-state index in [2.05, 4.69) is 11.1 Å². The van der Waals surface area contributed by atoms with E-state index in [4.69, 9.17) is 10.5 Å². The van der Waals surface area contributed by atoms with E-state index in [0.717, 1.165) is 16.3 Å². The number of fused-ring (bicyclic) bond motifs is 1. The first-order valence-electron chi connectivity index (χ1n) is 8.65. The van der Waals surface area contributed by atoms with Crippen molar-refractivity contribution in [2.24, 2.45) is 0 Å². The number of nitriles is 1. The molecular formula is C23H16FN3O. The zero-order valence-corrected chi connectivity index (χ0v) is 15.1. The van der Waals surface area contributed by atoms with Crippen LogP contribution in [0.5, 0.6) is 5.75 Å². The van der Waals surface area contributed by atoms with Gasteiger partial charge in [0.05, 0.1) is 12.8 Å². The number of nitrogen functional groups attached to an aromatic ring is 1. The average molecular weight is 369 g/mol. The van der Waals surface area contributed by atoms with Gasteiger partial charge in [-0.2, -0.15) is 5.26 Å². The summed E-state index contributed by atoms with van der Waals surface area (Å²) in [6.07, 6.45) is 0. The number of hydrogen-bond acceptors (Lipinski definition) is 4. The van der Waals surface area contributed by atoms with Gasteiger partial charge in [0.1, 0.15) is 17.5 Å². The average Bonchev–Trinajstić information content (AvgIpc) is 2.72. The highest BCUT2D eigenvalue weighted by Gasteiger charge is 2.16. The van der Waals surface area contributed by atoms with E-state index in [0.29, 0.717) is 22.4 Å². The van der Waals surface area contributed by atoms with Crippen molar-refractivity contribution in [1.29, 1.82) is 5.26 Å². The van der Waals surface area contributed by atoms with Gasteiger partial charge >= 0.3 is 0 Å². The number of aromatic nitrogens is 1. The Morgan fingerprint density at radius 1 is 1.00 bits per heavy atom. The lowest BCUT2D eigenvalue weighted by Crippen LogP contribution is -2.00. The molecule has 28 heavy (non-hydrogen) atoms. The molecule has 5 heteroatoms. The fourth-order valence-corrected chi connectivity index (χ4v) is 3.33. The van der Waals surface area contributed by atoms with Crippen LogP contribution in [-0.2, 0) is 0 Å². The lowest BCUT2D eigenvalue weighted by atomic mass is 9.94. The monoisotopic (exact) mass is 369 g/mol. The summed E-state index contributed by atoms with van der Waals surface area (Å²) in [7, 11) is 1.41. The maximum atomic E-state index is 14.2. The molecule has 0 bridgehead atoms. The SMILES string of the molecule is COc1ccc(-c2cc(-c3cccc4ccccc34)c(C#N)c(N)n2)cc1F. The number of hydrogen-bond donors (Lipinski definition) is 1. The Hall–Kier alpha value is -3.91. The Balaban J connectivity index is 1.98. The van der Waals surface area contributed by atoms with Gasteiger partial charge in [0.2, 0.25) is 0 Å². The van der Waals surface area contributed by atoms with Gasteiger partial charge in [-0.25, -0.2) is 9.37 Å². The van der Waals surface area contributed by atoms with Crippen molar-refractivity contribution in [3.8, 4) is 34.2 Å². The van der Waals surface area contributed by atoms with Crippen molar-refractivity contribution < 1.29 is 9.13 Å². The first-order chi connectivity index (χ1) is 13.6. The molecule has 0 radical (unpaired) electrons. The van der Waals surface area contributed by atoms with Crippen LogP contribution in [0.4, 0.5) is 10.2 Å². The van der Waals surface area contributed by atoms with Crippen molar-refractivity contribution in [2.45, 2.75) is 0 Å². The van der Waals surface area contributed by atoms with Crippen LogP contribution < -0.4 is 10.5 Å². The van der Waals surface area contributed by atoms with Gasteiger partial charge in [-0.05, 0) is 40.6 Å². The Morgan fingerprint density at radius 3 is 2.54 bits per heavy atom. The van der Waals surface area contributed by atoms with Crippen LogP contribution in [0.3, 0.4) is 0 Å². The molecular weight excluding hydrogens is 353 g/mol. The van der Waals surface area contributed by atoms with Crippen molar-refractivity contribution in [3.63, 3.8) is 0 Å². The van der Waals surface area contributed by atoms with Crippen LogP contribution in [0.1, 0.15) is 5.56 Å². The van der Waals surface area contributed by atoms with Crippen molar-refractivity contribution >= 4 is 16.6 Å². The van der Waals surface area contributed by atoms with Crippen molar-refractivity contribution in [3.05, 3.63) is 78.1 Å². The molecule has 136 valence electrons. The summed E-state index contributed by atoms with van der Waals surface area (Å²) < 4.78 is 19.2. The number of anilines is 1. The maximum absolute atomic E-state index is 14.2. The predicted molar refractivity (Wildman–Crippen MR) is 108 cm³/mol. The molecule has 0 spiro atoms. The molecule has 0 unspecified atom stereocenters. The van der Waals surface area contributed by atoms with Gasteiger partial charge in [0, 0.05) is 11.1 Å². The smallest absolute Gasteiger partial charge is 0.165 e. The highest BCUT2D eigenvalue weighted by atomic mass is 19.1. The van der Waals surface area contributed by atoms with Crippen LogP contribution in [0.25, 0.3) is 33.2 Å². The highest BCUT2D eigenvalue weighted by molar-refractivity contribution is 5.99. The first kappa shape index (κ1) is 17.5. The van der Waals surface area contributed by atoms with Crippen molar-refractivity contribution in [2.75, 3.05) is 12.8 Å². The number of nitrogens with two attached hydrogens (primary N) is 1. The number of rotatable bonds is 3. The zero-order chi connectivity index (χ0) is 19.7. The standard InChI is InChI=1S/C23H16FN3O/c1-28-22-10-9-15(11-20(22)24)21-12-18(19(13-25)23(26)27-21)17-8-4-6-14-5-2-3-7-16(14)17/h2-12H,1H3,(H2,26,27). The quantitative estimate of drug-likeness (QED) is 0.541. The van der Waals surface area contributed by atoms with Gasteiger partial charge in [-0.3, -0.25) is 0 Å². The Labute approximate surface area is 161 Å². The molecule has 3 aromatic carbocycles. The van der Waals surface area contributed by atoms with E-state index in [1.165, 1.54) is 13.2 Å². The lowest BCUT2D eigenvalue weighted by molar-refractivity contribution is 0.386. The molecule has 0 aliphatic heterocycles. The molecule has 2 N–H and O–H groups in total. The molecule has 0 aliphatic carbocycles. The molecule has 1 heterocycles. The summed E-state index contributed by atoms with van der Waals surface area (Å²) in [6, 6.07) is 22.3. The van der Waals surface area contributed by atoms with E-state index in [1.807, 2.05) is 42.5 Å². The van der Waals surface area contributed by atoms with Crippen LogP contribution in [0.2, 0.25) is 0 Å². The third-order valence-corrected chi connectivity index (χ3v) is 4.69. The van der Waals surface area contributed by atoms with Crippen LogP contribution in [-0.4, -0.2) is 12.1 Å². The molecule has 4 aromatic rings. The first-order valence-corrected chi connectivity index (χ1v) is 8.65. The number of benzene rings is 3. The predicted octanol–water partition coefficient (Wildman–Crippen LogP) is 5.17. The van der Waals surface area contributed by atoms with Crippen LogP contribution in [0.15, 0.2) is 66.7 Å². The Bertz CT molecular complexity index is 1240. The summed E-state index contributed by atoms with van der Waals surface area (Å²) in [4.78, 5) is 4.32. The second kappa shape index (κ2) is 7.01. The topological polar surface area (TPSA) is 71.9 Å². The number of pyridine rings is 1. The third-order valence-electron chi connectivity index (χ3n) is 4.69. The molecule has 4 nitrogen and oxygen atoms in total. The maximum Gasteiger partial charge on any atom is 0.165 e. The van der Waals surface area contributed by atoms with E-state index in [-0.39, 0.29) is 11.6 Å². The number of methoxy groups -OCH3 is 1. The zero-order valence-electron chi connectivity index (χ0n) is 15.1. The van der Waals surface area contributed by atoms with E-state index < -0.39 is 5.82 Å². The van der Waals surface area contributed by atoms with E-state index >= 15 is 0 Å². The number of nitrogens with zero attached hydrogens (tertiary/aromatic N) is 2. The van der Waals surface area contributed by atoms with Gasteiger partial charge in [0.25, 0.3) is 0 Å². The summed E-state index contributed by atoms with van der Waals surface area (Å²) in [6.45, 7) is 0. The summed E-state index contributed by atoms with van der Waals surface area (Å²) in [5.41, 5.74) is 8.97. The van der Waals surface area contributed by atoms with Gasteiger partial charge < -0.3 is 10.5 Å². The molecule has 0 amide bonds. The molecule has 0 saturated heterocycles. The van der Waals surface area contributed by atoms with Gasteiger partial charge in [-0.15, -0.1) is 0 Å². The Kier molecular flexibility index (Phi) is 4.38. The molecule has 0 aliphatic rings. The molecule has 0 saturated carbocycles. The van der Waals surface area contributed by atoms with E-state index in [1.54, 1.807) is 18.2 Å².